The van der Waals surface area contributed by atoms with E-state index in [0.29, 0.717) is 18.5 Å². The van der Waals surface area contributed by atoms with Crippen molar-refractivity contribution in [1.29, 1.82) is 0 Å². The van der Waals surface area contributed by atoms with Crippen LogP contribution in [0.2, 0.25) is 0 Å². The number of nitrogens with one attached hydrogen (secondary N) is 1. The maximum atomic E-state index is 11.8. The van der Waals surface area contributed by atoms with Gasteiger partial charge in [0, 0.05) is 12.6 Å². The van der Waals surface area contributed by atoms with Crippen molar-refractivity contribution < 1.29 is 4.79 Å². The van der Waals surface area contributed by atoms with Crippen molar-refractivity contribution in [1.82, 2.24) is 10.2 Å². The molecule has 1 amide bonds. The van der Waals surface area contributed by atoms with Crippen LogP contribution in [-0.4, -0.2) is 43.0 Å². The first kappa shape index (κ1) is 14.5. The van der Waals surface area contributed by atoms with E-state index in [1.165, 1.54) is 6.42 Å². The molecule has 0 aromatic carbocycles. The molecule has 0 aliphatic carbocycles. The van der Waals surface area contributed by atoms with Gasteiger partial charge in [-0.1, -0.05) is 13.8 Å². The number of hydrogen-bond acceptors (Lipinski definition) is 3. The molecule has 4 heteroatoms. The summed E-state index contributed by atoms with van der Waals surface area (Å²) in [6, 6.07) is 0.338. The van der Waals surface area contributed by atoms with Crippen molar-refractivity contribution in [3.05, 3.63) is 0 Å². The molecule has 100 valence electrons. The van der Waals surface area contributed by atoms with Gasteiger partial charge in [-0.15, -0.1) is 0 Å². The van der Waals surface area contributed by atoms with E-state index >= 15 is 0 Å². The zero-order valence-corrected chi connectivity index (χ0v) is 11.2. The van der Waals surface area contributed by atoms with Crippen molar-refractivity contribution in [3.63, 3.8) is 0 Å². The zero-order chi connectivity index (χ0) is 12.7. The molecule has 0 radical (unpaired) electrons. The molecule has 0 spiro atoms. The van der Waals surface area contributed by atoms with Crippen molar-refractivity contribution in [2.24, 2.45) is 11.7 Å². The smallest absolute Gasteiger partial charge is 0.234 e. The first-order chi connectivity index (χ1) is 8.19. The molecule has 1 rings (SSSR count). The quantitative estimate of drug-likeness (QED) is 0.698. The highest BCUT2D eigenvalue weighted by Gasteiger charge is 2.23. The molecule has 17 heavy (non-hydrogen) atoms. The van der Waals surface area contributed by atoms with E-state index in [4.69, 9.17) is 5.73 Å². The number of nitrogens with two attached hydrogens (primary N) is 1. The van der Waals surface area contributed by atoms with Gasteiger partial charge in [-0.05, 0) is 44.7 Å². The number of hydrogen-bond donors (Lipinski definition) is 2. The molecule has 1 aliphatic rings. The fourth-order valence-electron chi connectivity index (χ4n) is 2.50. The van der Waals surface area contributed by atoms with E-state index in [1.807, 2.05) is 0 Å². The Morgan fingerprint density at radius 1 is 1.47 bits per heavy atom. The first-order valence-electron chi connectivity index (χ1n) is 6.91. The minimum absolute atomic E-state index is 0.173. The standard InChI is InChI=1S/C13H27N3O/c1-3-12(4-2)15-13(17)10-16-8-6-11(9-16)5-7-14/h11-12H,3-10,14H2,1-2H3,(H,15,17). The topological polar surface area (TPSA) is 58.4 Å². The average Bonchev–Trinajstić information content (AvgIpc) is 2.74. The maximum Gasteiger partial charge on any atom is 0.234 e. The minimum atomic E-state index is 0.173. The monoisotopic (exact) mass is 241 g/mol. The van der Waals surface area contributed by atoms with Crippen LogP contribution in [-0.2, 0) is 4.79 Å². The third-order valence-corrected chi connectivity index (χ3v) is 3.66. The second-order valence-corrected chi connectivity index (χ2v) is 5.05. The fraction of sp³-hybridized carbons (Fsp3) is 0.923. The molecule has 4 nitrogen and oxygen atoms in total. The molecule has 0 bridgehead atoms. The molecule has 1 fully saturated rings. The lowest BCUT2D eigenvalue weighted by Gasteiger charge is -2.19. The third-order valence-electron chi connectivity index (χ3n) is 3.66. The molecular weight excluding hydrogens is 214 g/mol. The Balaban J connectivity index is 2.23. The fourth-order valence-corrected chi connectivity index (χ4v) is 2.50. The van der Waals surface area contributed by atoms with Crippen LogP contribution >= 0.6 is 0 Å². The largest absolute Gasteiger partial charge is 0.352 e. The van der Waals surface area contributed by atoms with Gasteiger partial charge in [0.1, 0.15) is 0 Å². The van der Waals surface area contributed by atoms with E-state index in [2.05, 4.69) is 24.1 Å². The summed E-state index contributed by atoms with van der Waals surface area (Å²) >= 11 is 0. The van der Waals surface area contributed by atoms with E-state index in [9.17, 15) is 4.79 Å². The van der Waals surface area contributed by atoms with E-state index < -0.39 is 0 Å². The Labute approximate surface area is 105 Å². The molecule has 1 heterocycles. The Bertz CT molecular complexity index is 229. The van der Waals surface area contributed by atoms with E-state index in [-0.39, 0.29) is 5.91 Å². The van der Waals surface area contributed by atoms with Gasteiger partial charge < -0.3 is 11.1 Å². The van der Waals surface area contributed by atoms with Crippen LogP contribution in [0, 0.1) is 5.92 Å². The maximum absolute atomic E-state index is 11.8. The van der Waals surface area contributed by atoms with Crippen LogP contribution < -0.4 is 11.1 Å². The van der Waals surface area contributed by atoms with Gasteiger partial charge in [0.15, 0.2) is 0 Å². The lowest BCUT2D eigenvalue weighted by atomic mass is 10.1. The second-order valence-electron chi connectivity index (χ2n) is 5.05. The number of rotatable bonds is 7. The summed E-state index contributed by atoms with van der Waals surface area (Å²) in [6.45, 7) is 7.62. The highest BCUT2D eigenvalue weighted by atomic mass is 16.2. The molecule has 0 aromatic heterocycles. The summed E-state index contributed by atoms with van der Waals surface area (Å²) in [5.74, 6) is 0.869. The molecule has 1 atom stereocenters. The summed E-state index contributed by atoms with van der Waals surface area (Å²) in [5, 5.41) is 3.08. The van der Waals surface area contributed by atoms with Crippen LogP contribution in [0.15, 0.2) is 0 Å². The van der Waals surface area contributed by atoms with Crippen LogP contribution in [0.4, 0.5) is 0 Å². The lowest BCUT2D eigenvalue weighted by molar-refractivity contribution is -0.122. The SMILES string of the molecule is CCC(CC)NC(=O)CN1CCC(CCN)C1. The van der Waals surface area contributed by atoms with Crippen LogP contribution in [0.5, 0.6) is 0 Å². The normalized spacial score (nSPS) is 21.1. The van der Waals surface area contributed by atoms with Crippen LogP contribution in [0.25, 0.3) is 0 Å². The van der Waals surface area contributed by atoms with Crippen molar-refractivity contribution in [2.75, 3.05) is 26.2 Å². The van der Waals surface area contributed by atoms with Crippen molar-refractivity contribution in [2.45, 2.75) is 45.6 Å². The van der Waals surface area contributed by atoms with Crippen molar-refractivity contribution >= 4 is 5.91 Å². The molecule has 0 saturated carbocycles. The molecule has 0 aromatic rings. The lowest BCUT2D eigenvalue weighted by Crippen LogP contribution is -2.41. The number of nitrogens with zero attached hydrogens (tertiary/aromatic N) is 1. The minimum Gasteiger partial charge on any atom is -0.352 e. The number of carbonyl (C=O) groups excluding carboxylic acids is 1. The van der Waals surface area contributed by atoms with Gasteiger partial charge in [-0.25, -0.2) is 0 Å². The zero-order valence-electron chi connectivity index (χ0n) is 11.2. The van der Waals surface area contributed by atoms with Gasteiger partial charge in [0.2, 0.25) is 5.91 Å². The van der Waals surface area contributed by atoms with Gasteiger partial charge in [0.25, 0.3) is 0 Å². The summed E-state index contributed by atoms with van der Waals surface area (Å²) in [6.07, 6.45) is 4.30. The van der Waals surface area contributed by atoms with E-state index in [0.717, 1.165) is 38.9 Å². The Kier molecular flexibility index (Phi) is 6.52. The molecule has 1 aliphatic heterocycles. The Morgan fingerprint density at radius 2 is 2.18 bits per heavy atom. The Hall–Kier alpha value is -0.610. The highest BCUT2D eigenvalue weighted by Crippen LogP contribution is 2.18. The van der Waals surface area contributed by atoms with E-state index in [1.54, 1.807) is 0 Å². The van der Waals surface area contributed by atoms with Gasteiger partial charge in [0.05, 0.1) is 6.54 Å². The number of likely N-dealkylation sites (tertiary alicyclic amines) is 1. The Morgan fingerprint density at radius 3 is 2.76 bits per heavy atom. The third kappa shape index (κ3) is 5.04. The molecular formula is C13H27N3O. The van der Waals surface area contributed by atoms with Crippen LogP contribution in [0.1, 0.15) is 39.5 Å². The van der Waals surface area contributed by atoms with Crippen molar-refractivity contribution in [3.8, 4) is 0 Å². The molecule has 3 N–H and O–H groups in total. The summed E-state index contributed by atoms with van der Waals surface area (Å²) in [4.78, 5) is 14.1. The number of carbonyl (C=O) groups is 1. The van der Waals surface area contributed by atoms with Gasteiger partial charge in [-0.2, -0.15) is 0 Å². The highest BCUT2D eigenvalue weighted by molar-refractivity contribution is 5.78. The van der Waals surface area contributed by atoms with Crippen LogP contribution in [0.3, 0.4) is 0 Å². The predicted octanol–water partition coefficient (Wildman–Crippen LogP) is 0.962. The van der Waals surface area contributed by atoms with Gasteiger partial charge >= 0.3 is 0 Å². The summed E-state index contributed by atoms with van der Waals surface area (Å²) < 4.78 is 0. The predicted molar refractivity (Wildman–Crippen MR) is 70.7 cm³/mol. The molecule has 1 saturated heterocycles. The number of amides is 1. The molecule has 1 unspecified atom stereocenters. The second kappa shape index (κ2) is 7.67. The summed E-state index contributed by atoms with van der Waals surface area (Å²) in [7, 11) is 0. The first-order valence-corrected chi connectivity index (χ1v) is 6.91. The average molecular weight is 241 g/mol. The van der Waals surface area contributed by atoms with Gasteiger partial charge in [-0.3, -0.25) is 9.69 Å². The summed E-state index contributed by atoms with van der Waals surface area (Å²) in [5.41, 5.74) is 5.56.